The van der Waals surface area contributed by atoms with Gasteiger partial charge < -0.3 is 9.84 Å². The number of hydrogen-bond acceptors (Lipinski definition) is 3. The Morgan fingerprint density at radius 2 is 1.78 bits per heavy atom. The Morgan fingerprint density at radius 1 is 1.17 bits per heavy atom. The van der Waals surface area contributed by atoms with E-state index in [4.69, 9.17) is 4.74 Å². The summed E-state index contributed by atoms with van der Waals surface area (Å²) in [4.78, 5) is 0. The van der Waals surface area contributed by atoms with Crippen molar-refractivity contribution < 1.29 is 27.8 Å². The van der Waals surface area contributed by atoms with Crippen molar-refractivity contribution in [3.8, 4) is 5.75 Å². The first-order valence-electron chi connectivity index (χ1n) is 5.47. The Hall–Kier alpha value is -1.27. The van der Waals surface area contributed by atoms with Gasteiger partial charge in [0.1, 0.15) is 12.4 Å². The summed E-state index contributed by atoms with van der Waals surface area (Å²) in [6.07, 6.45) is -4.53. The molecule has 6 heteroatoms. The highest BCUT2D eigenvalue weighted by Crippen LogP contribution is 2.16. The molecule has 0 aromatic heterocycles. The third-order valence-corrected chi connectivity index (χ3v) is 2.07. The first kappa shape index (κ1) is 14.8. The normalized spacial score (nSPS) is 13.4. The molecule has 0 spiro atoms. The van der Waals surface area contributed by atoms with Crippen molar-refractivity contribution in [3.05, 3.63) is 29.8 Å². The van der Waals surface area contributed by atoms with E-state index < -0.39 is 19.1 Å². The number of benzene rings is 1. The van der Waals surface area contributed by atoms with E-state index in [2.05, 4.69) is 4.74 Å². The van der Waals surface area contributed by atoms with Crippen LogP contribution in [0.25, 0.3) is 0 Å². The van der Waals surface area contributed by atoms with Crippen LogP contribution in [0.15, 0.2) is 24.3 Å². The van der Waals surface area contributed by atoms with E-state index in [1.165, 1.54) is 0 Å². The number of rotatable bonds is 6. The van der Waals surface area contributed by atoms with Crippen LogP contribution >= 0.6 is 0 Å². The zero-order valence-electron chi connectivity index (χ0n) is 9.91. The van der Waals surface area contributed by atoms with Gasteiger partial charge in [0.15, 0.2) is 0 Å². The van der Waals surface area contributed by atoms with Crippen LogP contribution in [0, 0.1) is 0 Å². The lowest BCUT2D eigenvalue weighted by molar-refractivity contribution is -0.325. The molecule has 0 fully saturated rings. The number of ether oxygens (including phenoxy) is 2. The van der Waals surface area contributed by atoms with E-state index >= 15 is 0 Å². The maximum atomic E-state index is 11.7. The van der Waals surface area contributed by atoms with Gasteiger partial charge in [-0.2, -0.15) is 0 Å². The van der Waals surface area contributed by atoms with Crippen molar-refractivity contribution in [2.24, 2.45) is 0 Å². The predicted molar refractivity (Wildman–Crippen MR) is 59.3 cm³/mol. The van der Waals surface area contributed by atoms with Crippen molar-refractivity contribution in [1.29, 1.82) is 0 Å². The highest BCUT2D eigenvalue weighted by Gasteiger charge is 2.28. The van der Waals surface area contributed by atoms with Crippen LogP contribution in [0.5, 0.6) is 5.75 Å². The van der Waals surface area contributed by atoms with Gasteiger partial charge in [0.25, 0.3) is 0 Å². The van der Waals surface area contributed by atoms with Crippen molar-refractivity contribution in [3.63, 3.8) is 0 Å². The minimum atomic E-state index is -4.62. The minimum Gasteiger partial charge on any atom is -0.491 e. The number of halogens is 3. The van der Waals surface area contributed by atoms with Gasteiger partial charge in [-0.05, 0) is 31.0 Å². The molecule has 3 nitrogen and oxygen atoms in total. The lowest BCUT2D eigenvalue weighted by Gasteiger charge is -2.10. The summed E-state index contributed by atoms with van der Waals surface area (Å²) in [5, 5.41) is 9.17. The molecule has 1 aromatic carbocycles. The van der Waals surface area contributed by atoms with Crippen LogP contribution in [0.2, 0.25) is 0 Å². The molecule has 1 rings (SSSR count). The zero-order chi connectivity index (χ0) is 13.6. The fourth-order valence-corrected chi connectivity index (χ4v) is 1.38. The molecule has 0 radical (unpaired) electrons. The molecule has 1 N–H and O–H groups in total. The maximum Gasteiger partial charge on any atom is 0.522 e. The number of hydrogen-bond donors (Lipinski definition) is 1. The van der Waals surface area contributed by atoms with E-state index in [0.717, 1.165) is 5.56 Å². The van der Waals surface area contributed by atoms with E-state index in [-0.39, 0.29) is 6.61 Å². The molecule has 18 heavy (non-hydrogen) atoms. The molecular formula is C12H15F3O3. The van der Waals surface area contributed by atoms with Gasteiger partial charge in [0.05, 0.1) is 12.7 Å². The Bertz CT molecular complexity index is 347. The summed E-state index contributed by atoms with van der Waals surface area (Å²) in [5.41, 5.74) is 0.934. The van der Waals surface area contributed by atoms with E-state index in [1.54, 1.807) is 31.2 Å². The van der Waals surface area contributed by atoms with E-state index in [1.807, 2.05) is 0 Å². The Kier molecular flexibility index (Phi) is 5.43. The Balaban J connectivity index is 2.31. The lowest BCUT2D eigenvalue weighted by atomic mass is 10.1. The number of aliphatic hydroxyl groups excluding tert-OH is 1. The van der Waals surface area contributed by atoms with Gasteiger partial charge in [0, 0.05) is 0 Å². The maximum absolute atomic E-state index is 11.7. The first-order chi connectivity index (χ1) is 8.37. The fourth-order valence-electron chi connectivity index (χ4n) is 1.38. The molecule has 0 saturated carbocycles. The highest BCUT2D eigenvalue weighted by atomic mass is 19.4. The SMILES string of the molecule is CC(O)Cc1ccc(OCCOC(F)(F)F)cc1. The summed E-state index contributed by atoms with van der Waals surface area (Å²) in [6.45, 7) is 0.965. The molecule has 0 heterocycles. The summed E-state index contributed by atoms with van der Waals surface area (Å²) in [6, 6.07) is 6.80. The molecule has 1 atom stereocenters. The Morgan fingerprint density at radius 3 is 2.28 bits per heavy atom. The van der Waals surface area contributed by atoms with Gasteiger partial charge in [-0.15, -0.1) is 13.2 Å². The number of aliphatic hydroxyl groups is 1. The van der Waals surface area contributed by atoms with Crippen molar-refractivity contribution in [2.45, 2.75) is 25.8 Å². The smallest absolute Gasteiger partial charge is 0.491 e. The first-order valence-corrected chi connectivity index (χ1v) is 5.47. The quantitative estimate of drug-likeness (QED) is 0.802. The monoisotopic (exact) mass is 264 g/mol. The van der Waals surface area contributed by atoms with Gasteiger partial charge in [0.2, 0.25) is 0 Å². The second-order valence-corrected chi connectivity index (χ2v) is 3.84. The molecule has 0 aliphatic heterocycles. The van der Waals surface area contributed by atoms with Gasteiger partial charge in [-0.1, -0.05) is 12.1 Å². The second-order valence-electron chi connectivity index (χ2n) is 3.84. The molecule has 0 aliphatic carbocycles. The fraction of sp³-hybridized carbons (Fsp3) is 0.500. The summed E-state index contributed by atoms with van der Waals surface area (Å²) < 4.78 is 43.6. The summed E-state index contributed by atoms with van der Waals surface area (Å²) in [7, 11) is 0. The van der Waals surface area contributed by atoms with Crippen LogP contribution in [-0.4, -0.2) is 30.8 Å². The molecule has 0 saturated heterocycles. The zero-order valence-corrected chi connectivity index (χ0v) is 9.91. The number of alkyl halides is 3. The summed E-state index contributed by atoms with van der Waals surface area (Å²) >= 11 is 0. The van der Waals surface area contributed by atoms with Crippen LogP contribution in [0.4, 0.5) is 13.2 Å². The van der Waals surface area contributed by atoms with Gasteiger partial charge in [-0.3, -0.25) is 4.74 Å². The third kappa shape index (κ3) is 6.46. The molecule has 1 unspecified atom stereocenters. The molecule has 0 bridgehead atoms. The van der Waals surface area contributed by atoms with Crippen molar-refractivity contribution in [1.82, 2.24) is 0 Å². The van der Waals surface area contributed by atoms with Crippen LogP contribution in [0.3, 0.4) is 0 Å². The van der Waals surface area contributed by atoms with Crippen LogP contribution < -0.4 is 4.74 Å². The van der Waals surface area contributed by atoms with Gasteiger partial charge in [-0.25, -0.2) is 0 Å². The molecule has 1 aromatic rings. The largest absolute Gasteiger partial charge is 0.522 e. The summed E-state index contributed by atoms with van der Waals surface area (Å²) in [5.74, 6) is 0.468. The lowest BCUT2D eigenvalue weighted by Crippen LogP contribution is -2.18. The topological polar surface area (TPSA) is 38.7 Å². The average Bonchev–Trinajstić information content (AvgIpc) is 2.24. The third-order valence-electron chi connectivity index (χ3n) is 2.07. The van der Waals surface area contributed by atoms with Crippen LogP contribution in [-0.2, 0) is 11.2 Å². The average molecular weight is 264 g/mol. The Labute approximate surface area is 103 Å². The van der Waals surface area contributed by atoms with E-state index in [9.17, 15) is 18.3 Å². The van der Waals surface area contributed by atoms with Crippen molar-refractivity contribution in [2.75, 3.05) is 13.2 Å². The molecule has 0 amide bonds. The second kappa shape index (κ2) is 6.61. The minimum absolute atomic E-state index is 0.171. The van der Waals surface area contributed by atoms with Gasteiger partial charge >= 0.3 is 6.36 Å². The molecule has 102 valence electrons. The highest BCUT2D eigenvalue weighted by molar-refractivity contribution is 5.27. The standard InChI is InChI=1S/C12H15F3O3/c1-9(16)8-10-2-4-11(5-3-10)17-6-7-18-12(13,14)15/h2-5,9,16H,6-8H2,1H3. The predicted octanol–water partition coefficient (Wildman–Crippen LogP) is 2.53. The molecular weight excluding hydrogens is 249 g/mol. The molecule has 0 aliphatic rings. The van der Waals surface area contributed by atoms with Crippen LogP contribution in [0.1, 0.15) is 12.5 Å². The van der Waals surface area contributed by atoms with Crippen molar-refractivity contribution >= 4 is 0 Å². The van der Waals surface area contributed by atoms with E-state index in [0.29, 0.717) is 12.2 Å².